The molecule has 1 amide bonds. The second-order valence-electron chi connectivity index (χ2n) is 5.91. The standard InChI is InChI=1S/C16H23N3O4/c1-16(2,3)23-15(20)18-11-5-4-10-17-12-13-6-8-14(9-7-13)19(21)22/h4-9,17H,10-12H2,1-3H3,(H,18,20)/b5-4+. The molecule has 0 atom stereocenters. The summed E-state index contributed by atoms with van der Waals surface area (Å²) in [5, 5.41) is 16.3. The van der Waals surface area contributed by atoms with Crippen molar-refractivity contribution in [3.8, 4) is 0 Å². The third-order valence-corrected chi connectivity index (χ3v) is 2.67. The van der Waals surface area contributed by atoms with Gasteiger partial charge in [0.15, 0.2) is 0 Å². The molecule has 0 bridgehead atoms. The molecule has 0 fully saturated rings. The lowest BCUT2D eigenvalue weighted by Gasteiger charge is -2.19. The molecular weight excluding hydrogens is 298 g/mol. The molecule has 0 unspecified atom stereocenters. The number of nitro benzene ring substituents is 1. The van der Waals surface area contributed by atoms with Crippen LogP contribution in [-0.2, 0) is 11.3 Å². The zero-order valence-electron chi connectivity index (χ0n) is 13.7. The van der Waals surface area contributed by atoms with E-state index in [1.54, 1.807) is 12.1 Å². The van der Waals surface area contributed by atoms with Crippen LogP contribution in [0, 0.1) is 10.1 Å². The minimum absolute atomic E-state index is 0.0851. The highest BCUT2D eigenvalue weighted by atomic mass is 16.6. The Morgan fingerprint density at radius 3 is 2.39 bits per heavy atom. The van der Waals surface area contributed by atoms with Gasteiger partial charge in [-0.15, -0.1) is 0 Å². The normalized spacial score (nSPS) is 11.4. The van der Waals surface area contributed by atoms with Crippen LogP contribution in [0.1, 0.15) is 26.3 Å². The van der Waals surface area contributed by atoms with Crippen molar-refractivity contribution in [2.45, 2.75) is 32.9 Å². The largest absolute Gasteiger partial charge is 0.444 e. The van der Waals surface area contributed by atoms with Crippen LogP contribution >= 0.6 is 0 Å². The zero-order chi connectivity index (χ0) is 17.3. The number of ether oxygens (including phenoxy) is 1. The average molecular weight is 321 g/mol. The lowest BCUT2D eigenvalue weighted by Crippen LogP contribution is -2.32. The van der Waals surface area contributed by atoms with Crippen molar-refractivity contribution < 1.29 is 14.5 Å². The Morgan fingerprint density at radius 2 is 1.83 bits per heavy atom. The van der Waals surface area contributed by atoms with Gasteiger partial charge in [0, 0.05) is 31.8 Å². The van der Waals surface area contributed by atoms with Gasteiger partial charge in [0.1, 0.15) is 5.60 Å². The number of benzene rings is 1. The summed E-state index contributed by atoms with van der Waals surface area (Å²) in [5.41, 5.74) is 0.554. The lowest BCUT2D eigenvalue weighted by atomic mass is 10.2. The van der Waals surface area contributed by atoms with Crippen LogP contribution in [0.25, 0.3) is 0 Å². The zero-order valence-corrected chi connectivity index (χ0v) is 13.7. The van der Waals surface area contributed by atoms with Gasteiger partial charge in [-0.05, 0) is 26.3 Å². The first-order valence-electron chi connectivity index (χ1n) is 7.34. The van der Waals surface area contributed by atoms with Crippen molar-refractivity contribution >= 4 is 11.8 Å². The molecule has 1 aromatic rings. The minimum Gasteiger partial charge on any atom is -0.444 e. The highest BCUT2D eigenvalue weighted by molar-refractivity contribution is 5.67. The Bertz CT molecular complexity index is 547. The number of non-ortho nitro benzene ring substituents is 1. The van der Waals surface area contributed by atoms with Gasteiger partial charge in [-0.25, -0.2) is 4.79 Å². The fourth-order valence-corrected chi connectivity index (χ4v) is 1.66. The number of carbonyl (C=O) groups is 1. The molecule has 1 aromatic carbocycles. The van der Waals surface area contributed by atoms with E-state index in [0.717, 1.165) is 5.56 Å². The molecule has 0 saturated heterocycles. The van der Waals surface area contributed by atoms with E-state index < -0.39 is 16.6 Å². The van der Waals surface area contributed by atoms with Crippen molar-refractivity contribution in [2.24, 2.45) is 0 Å². The maximum Gasteiger partial charge on any atom is 0.407 e. The number of amides is 1. The number of rotatable bonds is 7. The van der Waals surface area contributed by atoms with Gasteiger partial charge in [-0.1, -0.05) is 24.3 Å². The molecule has 0 aliphatic rings. The molecule has 7 heteroatoms. The van der Waals surface area contributed by atoms with E-state index in [-0.39, 0.29) is 5.69 Å². The topological polar surface area (TPSA) is 93.5 Å². The smallest absolute Gasteiger partial charge is 0.407 e. The van der Waals surface area contributed by atoms with Crippen LogP contribution in [0.5, 0.6) is 0 Å². The SMILES string of the molecule is CC(C)(C)OC(=O)NC/C=C/CNCc1ccc([N+](=O)[O-])cc1. The third kappa shape index (κ3) is 8.57. The van der Waals surface area contributed by atoms with Crippen LogP contribution in [0.3, 0.4) is 0 Å². The summed E-state index contributed by atoms with van der Waals surface area (Å²) in [6.07, 6.45) is 3.27. The summed E-state index contributed by atoms with van der Waals surface area (Å²) >= 11 is 0. The molecule has 1 rings (SSSR count). The van der Waals surface area contributed by atoms with E-state index in [1.165, 1.54) is 12.1 Å². The predicted molar refractivity (Wildman–Crippen MR) is 88.2 cm³/mol. The van der Waals surface area contributed by atoms with Crippen LogP contribution in [0.2, 0.25) is 0 Å². The molecule has 0 aliphatic carbocycles. The molecule has 0 aliphatic heterocycles. The molecule has 0 saturated carbocycles. The average Bonchev–Trinajstić information content (AvgIpc) is 2.45. The van der Waals surface area contributed by atoms with Gasteiger partial charge in [0.05, 0.1) is 4.92 Å². The van der Waals surface area contributed by atoms with Crippen molar-refractivity contribution in [1.29, 1.82) is 0 Å². The Morgan fingerprint density at radius 1 is 1.22 bits per heavy atom. The Labute approximate surface area is 135 Å². The quantitative estimate of drug-likeness (QED) is 0.348. The summed E-state index contributed by atoms with van der Waals surface area (Å²) in [7, 11) is 0. The van der Waals surface area contributed by atoms with E-state index in [1.807, 2.05) is 32.9 Å². The van der Waals surface area contributed by atoms with Crippen molar-refractivity contribution in [2.75, 3.05) is 13.1 Å². The van der Waals surface area contributed by atoms with Crippen molar-refractivity contribution in [3.63, 3.8) is 0 Å². The van der Waals surface area contributed by atoms with Gasteiger partial charge < -0.3 is 15.4 Å². The van der Waals surface area contributed by atoms with E-state index >= 15 is 0 Å². The van der Waals surface area contributed by atoms with Gasteiger partial charge in [-0.3, -0.25) is 10.1 Å². The summed E-state index contributed by atoms with van der Waals surface area (Å²) in [4.78, 5) is 21.5. The van der Waals surface area contributed by atoms with Crippen LogP contribution in [0.15, 0.2) is 36.4 Å². The first-order valence-corrected chi connectivity index (χ1v) is 7.34. The summed E-state index contributed by atoms with van der Waals surface area (Å²) in [5.74, 6) is 0. The molecule has 0 aromatic heterocycles. The maximum absolute atomic E-state index is 11.4. The van der Waals surface area contributed by atoms with E-state index in [0.29, 0.717) is 19.6 Å². The molecule has 0 spiro atoms. The van der Waals surface area contributed by atoms with E-state index in [4.69, 9.17) is 4.74 Å². The number of nitro groups is 1. The molecular formula is C16H23N3O4. The van der Waals surface area contributed by atoms with Gasteiger partial charge in [0.25, 0.3) is 5.69 Å². The first-order chi connectivity index (χ1) is 10.8. The second-order valence-corrected chi connectivity index (χ2v) is 5.91. The van der Waals surface area contributed by atoms with Gasteiger partial charge in [0.2, 0.25) is 0 Å². The molecule has 126 valence electrons. The van der Waals surface area contributed by atoms with E-state index in [2.05, 4.69) is 10.6 Å². The molecule has 0 radical (unpaired) electrons. The summed E-state index contributed by atoms with van der Waals surface area (Å²) in [6.45, 7) is 7.07. The van der Waals surface area contributed by atoms with Crippen LogP contribution < -0.4 is 10.6 Å². The molecule has 23 heavy (non-hydrogen) atoms. The Kier molecular flexibility index (Phi) is 7.21. The first kappa shape index (κ1) is 18.6. The van der Waals surface area contributed by atoms with Crippen LogP contribution in [-0.4, -0.2) is 29.7 Å². The molecule has 7 nitrogen and oxygen atoms in total. The summed E-state index contributed by atoms with van der Waals surface area (Å²) < 4.78 is 5.10. The number of hydrogen-bond acceptors (Lipinski definition) is 5. The number of alkyl carbamates (subject to hydrolysis) is 1. The van der Waals surface area contributed by atoms with Crippen LogP contribution in [0.4, 0.5) is 10.5 Å². The highest BCUT2D eigenvalue weighted by Gasteiger charge is 2.14. The highest BCUT2D eigenvalue weighted by Crippen LogP contribution is 2.11. The molecule has 0 heterocycles. The lowest BCUT2D eigenvalue weighted by molar-refractivity contribution is -0.384. The fraction of sp³-hybridized carbons (Fsp3) is 0.438. The second kappa shape index (κ2) is 8.89. The molecule has 2 N–H and O–H groups in total. The maximum atomic E-state index is 11.4. The Hall–Kier alpha value is -2.41. The van der Waals surface area contributed by atoms with Crippen molar-refractivity contribution in [1.82, 2.24) is 10.6 Å². The summed E-state index contributed by atoms with van der Waals surface area (Å²) in [6, 6.07) is 6.41. The predicted octanol–water partition coefficient (Wildman–Crippen LogP) is 2.77. The van der Waals surface area contributed by atoms with Crippen molar-refractivity contribution in [3.05, 3.63) is 52.1 Å². The van der Waals surface area contributed by atoms with E-state index in [9.17, 15) is 14.9 Å². The number of nitrogens with zero attached hydrogens (tertiary/aromatic N) is 1. The van der Waals surface area contributed by atoms with Gasteiger partial charge >= 0.3 is 6.09 Å². The monoisotopic (exact) mass is 321 g/mol. The number of carbonyl (C=O) groups excluding carboxylic acids is 1. The fourth-order valence-electron chi connectivity index (χ4n) is 1.66. The van der Waals surface area contributed by atoms with Gasteiger partial charge in [-0.2, -0.15) is 0 Å². The third-order valence-electron chi connectivity index (χ3n) is 2.67. The Balaban J connectivity index is 2.17. The number of nitrogens with one attached hydrogen (secondary N) is 2. The number of hydrogen-bond donors (Lipinski definition) is 2. The minimum atomic E-state index is -0.500.